The van der Waals surface area contributed by atoms with Crippen molar-refractivity contribution in [3.63, 3.8) is 0 Å². The third-order valence-corrected chi connectivity index (χ3v) is 6.09. The standard InChI is InChI=1S/C28H31ClN4O13/c1-13-21-9-8-20(29)10-22(21)31-28(25(13)33(40)41)32(14(2)34)30-11-23(43-16(4)36)26(45-18(6)38)27(46-19(7)39)24(44-17(5)37)12-42-15(3)35/h8-11,23-24,26-27H,12H2,1-7H3/b30-11+/t23-,24+,26+,27-/m0/s1. The molecule has 0 spiro atoms. The molecule has 2 aromatic rings. The average Bonchev–Trinajstić information content (AvgIpc) is 2.91. The van der Waals surface area contributed by atoms with Crippen molar-refractivity contribution in [1.29, 1.82) is 0 Å². The van der Waals surface area contributed by atoms with Crippen LogP contribution in [0.3, 0.4) is 0 Å². The van der Waals surface area contributed by atoms with Gasteiger partial charge in [0.25, 0.3) is 0 Å². The number of carbonyl (C=O) groups excluding carboxylic acids is 6. The number of amides is 1. The summed E-state index contributed by atoms with van der Waals surface area (Å²) in [6.45, 7) is 6.72. The molecule has 0 saturated heterocycles. The lowest BCUT2D eigenvalue weighted by molar-refractivity contribution is -0.384. The monoisotopic (exact) mass is 666 g/mol. The number of benzene rings is 1. The van der Waals surface area contributed by atoms with Crippen LogP contribution in [0.2, 0.25) is 5.02 Å². The maximum absolute atomic E-state index is 12.8. The maximum atomic E-state index is 12.8. The third-order valence-electron chi connectivity index (χ3n) is 5.86. The number of hydrogen-bond donors (Lipinski definition) is 0. The molecule has 18 heteroatoms. The van der Waals surface area contributed by atoms with E-state index in [1.807, 2.05) is 0 Å². The topological polar surface area (TPSA) is 220 Å². The molecule has 0 aliphatic carbocycles. The second-order valence-electron chi connectivity index (χ2n) is 9.60. The van der Waals surface area contributed by atoms with Crippen LogP contribution in [0.25, 0.3) is 10.9 Å². The van der Waals surface area contributed by atoms with Crippen molar-refractivity contribution in [2.24, 2.45) is 5.10 Å². The molecular formula is C28H31ClN4O13. The van der Waals surface area contributed by atoms with Crippen LogP contribution in [0, 0.1) is 17.0 Å². The number of aryl methyl sites for hydroxylation is 1. The minimum Gasteiger partial charge on any atom is -0.462 e. The molecule has 0 radical (unpaired) electrons. The molecular weight excluding hydrogens is 636 g/mol. The molecule has 1 heterocycles. The van der Waals surface area contributed by atoms with Crippen molar-refractivity contribution >= 4 is 76.0 Å². The van der Waals surface area contributed by atoms with Gasteiger partial charge in [0.2, 0.25) is 11.7 Å². The molecule has 4 atom stereocenters. The first kappa shape index (κ1) is 37.0. The Labute approximate surface area is 266 Å². The van der Waals surface area contributed by atoms with Crippen molar-refractivity contribution in [3.8, 4) is 0 Å². The Hall–Kier alpha value is -5.19. The van der Waals surface area contributed by atoms with Crippen LogP contribution in [-0.4, -0.2) is 82.9 Å². The van der Waals surface area contributed by atoms with Gasteiger partial charge in [0.15, 0.2) is 24.4 Å². The Balaban J connectivity index is 2.81. The second-order valence-corrected chi connectivity index (χ2v) is 10.0. The largest absolute Gasteiger partial charge is 0.462 e. The smallest absolute Gasteiger partial charge is 0.317 e. The number of pyridine rings is 1. The lowest BCUT2D eigenvalue weighted by Gasteiger charge is -2.34. The lowest BCUT2D eigenvalue weighted by atomic mass is 10.0. The van der Waals surface area contributed by atoms with Crippen molar-refractivity contribution in [2.45, 2.75) is 72.9 Å². The highest BCUT2D eigenvalue weighted by molar-refractivity contribution is 6.31. The first-order chi connectivity index (χ1) is 21.4. The minimum absolute atomic E-state index is 0.127. The zero-order valence-electron chi connectivity index (χ0n) is 25.8. The lowest BCUT2D eigenvalue weighted by Crippen LogP contribution is -2.53. The van der Waals surface area contributed by atoms with Gasteiger partial charge in [-0.3, -0.25) is 38.9 Å². The highest BCUT2D eigenvalue weighted by Gasteiger charge is 2.44. The number of halogens is 1. The Kier molecular flexibility index (Phi) is 13.0. The number of hydrazone groups is 1. The molecule has 1 aromatic carbocycles. The molecule has 0 fully saturated rings. The van der Waals surface area contributed by atoms with Gasteiger partial charge in [-0.1, -0.05) is 17.7 Å². The van der Waals surface area contributed by atoms with Gasteiger partial charge < -0.3 is 23.7 Å². The zero-order valence-corrected chi connectivity index (χ0v) is 26.6. The molecule has 1 amide bonds. The summed E-state index contributed by atoms with van der Waals surface area (Å²) in [4.78, 5) is 88.5. The predicted octanol–water partition coefficient (Wildman–Crippen LogP) is 2.73. The van der Waals surface area contributed by atoms with Crippen molar-refractivity contribution in [3.05, 3.63) is 38.9 Å². The fourth-order valence-electron chi connectivity index (χ4n) is 4.20. The van der Waals surface area contributed by atoms with Gasteiger partial charge in [0.05, 0.1) is 16.7 Å². The van der Waals surface area contributed by atoms with Crippen LogP contribution in [0.5, 0.6) is 0 Å². The molecule has 0 bridgehead atoms. The third kappa shape index (κ3) is 10.2. The van der Waals surface area contributed by atoms with E-state index in [4.69, 9.17) is 35.3 Å². The molecule has 0 unspecified atom stereocenters. The summed E-state index contributed by atoms with van der Waals surface area (Å²) in [5, 5.41) is 17.3. The number of anilines is 1. The van der Waals surface area contributed by atoms with E-state index in [1.165, 1.54) is 25.1 Å². The van der Waals surface area contributed by atoms with Crippen molar-refractivity contribution in [2.75, 3.05) is 11.6 Å². The SMILES string of the molecule is CC(=O)OC[C@@H](OC(C)=O)[C@H](OC(C)=O)[C@H](OC(C)=O)[C@H](/C=N/N(C(C)=O)c1nc2cc(Cl)ccc2c(C)c1[N+](=O)[O-])OC(C)=O. The van der Waals surface area contributed by atoms with E-state index in [1.54, 1.807) is 0 Å². The number of hydrogen-bond acceptors (Lipinski definition) is 15. The van der Waals surface area contributed by atoms with E-state index in [0.29, 0.717) is 10.4 Å². The normalized spacial score (nSPS) is 13.6. The van der Waals surface area contributed by atoms with Crippen LogP contribution >= 0.6 is 11.6 Å². The Morgan fingerprint density at radius 1 is 0.913 bits per heavy atom. The number of rotatable bonds is 13. The number of nitro groups is 1. The van der Waals surface area contributed by atoms with E-state index in [0.717, 1.165) is 47.8 Å². The highest BCUT2D eigenvalue weighted by atomic mass is 35.5. The first-order valence-electron chi connectivity index (χ1n) is 13.3. The number of nitrogens with zero attached hydrogens (tertiary/aromatic N) is 4. The summed E-state index contributed by atoms with van der Waals surface area (Å²) in [6, 6.07) is 4.44. The number of fused-ring (bicyclic) bond motifs is 1. The highest BCUT2D eigenvalue weighted by Crippen LogP contribution is 2.36. The fourth-order valence-corrected chi connectivity index (χ4v) is 4.37. The molecule has 0 aliphatic rings. The van der Waals surface area contributed by atoms with Gasteiger partial charge in [-0.05, 0) is 19.1 Å². The van der Waals surface area contributed by atoms with Crippen LogP contribution in [0.15, 0.2) is 23.3 Å². The van der Waals surface area contributed by atoms with E-state index >= 15 is 0 Å². The quantitative estimate of drug-likeness (QED) is 0.0986. The summed E-state index contributed by atoms with van der Waals surface area (Å²) in [7, 11) is 0. The minimum atomic E-state index is -1.84. The average molecular weight is 667 g/mol. The van der Waals surface area contributed by atoms with Gasteiger partial charge in [-0.25, -0.2) is 4.98 Å². The van der Waals surface area contributed by atoms with E-state index in [-0.39, 0.29) is 16.1 Å². The number of ether oxygens (including phenoxy) is 5. The molecule has 2 rings (SSSR count). The van der Waals surface area contributed by atoms with Gasteiger partial charge in [-0.15, -0.1) is 0 Å². The summed E-state index contributed by atoms with van der Waals surface area (Å²) in [6.07, 6.45) is -6.28. The maximum Gasteiger partial charge on any atom is 0.317 e. The molecule has 46 heavy (non-hydrogen) atoms. The zero-order chi connectivity index (χ0) is 34.9. The number of esters is 5. The summed E-state index contributed by atoms with van der Waals surface area (Å²) < 4.78 is 26.1. The van der Waals surface area contributed by atoms with Gasteiger partial charge >= 0.3 is 35.5 Å². The second kappa shape index (κ2) is 16.2. The van der Waals surface area contributed by atoms with Gasteiger partial charge in [-0.2, -0.15) is 10.1 Å². The number of aromatic nitrogens is 1. The van der Waals surface area contributed by atoms with Gasteiger partial charge in [0, 0.05) is 57.5 Å². The summed E-state index contributed by atoms with van der Waals surface area (Å²) in [5.41, 5.74) is -0.273. The summed E-state index contributed by atoms with van der Waals surface area (Å²) >= 11 is 6.09. The Morgan fingerprint density at radius 3 is 1.98 bits per heavy atom. The molecule has 17 nitrogen and oxygen atoms in total. The molecule has 0 aliphatic heterocycles. The molecule has 0 saturated carbocycles. The first-order valence-corrected chi connectivity index (χ1v) is 13.7. The van der Waals surface area contributed by atoms with Crippen molar-refractivity contribution in [1.82, 2.24) is 4.98 Å². The Morgan fingerprint density at radius 2 is 1.48 bits per heavy atom. The van der Waals surface area contributed by atoms with Crippen LogP contribution in [0.4, 0.5) is 11.5 Å². The van der Waals surface area contributed by atoms with E-state index < -0.39 is 83.2 Å². The van der Waals surface area contributed by atoms with Gasteiger partial charge in [0.1, 0.15) is 6.61 Å². The van der Waals surface area contributed by atoms with Crippen LogP contribution < -0.4 is 5.01 Å². The summed E-state index contributed by atoms with van der Waals surface area (Å²) in [5.74, 6) is -6.09. The molecule has 0 N–H and O–H groups in total. The van der Waals surface area contributed by atoms with E-state index in [9.17, 15) is 38.9 Å². The number of carbonyl (C=O) groups is 6. The van der Waals surface area contributed by atoms with Crippen LogP contribution in [0.1, 0.15) is 47.1 Å². The molecule has 1 aromatic heterocycles. The fraction of sp³-hybridized carbons (Fsp3) is 0.429. The Bertz CT molecular complexity index is 1580. The predicted molar refractivity (Wildman–Crippen MR) is 159 cm³/mol. The van der Waals surface area contributed by atoms with Crippen LogP contribution in [-0.2, 0) is 52.5 Å². The van der Waals surface area contributed by atoms with E-state index in [2.05, 4.69) is 10.1 Å². The van der Waals surface area contributed by atoms with Crippen molar-refractivity contribution < 1.29 is 57.4 Å². The molecule has 248 valence electrons.